The summed E-state index contributed by atoms with van der Waals surface area (Å²) in [6.45, 7) is 1.77. The fraction of sp³-hybridized carbons (Fsp3) is 0.0667. The second-order valence-electron chi connectivity index (χ2n) is 4.37. The molecule has 0 spiro atoms. The first kappa shape index (κ1) is 15.2. The fourth-order valence-corrected chi connectivity index (χ4v) is 2.16. The van der Waals surface area contributed by atoms with Gasteiger partial charge in [0, 0.05) is 10.0 Å². The second kappa shape index (κ2) is 6.05. The molecule has 2 aromatic rings. The topological polar surface area (TPSA) is 66.4 Å². The number of rotatable bonds is 3. The summed E-state index contributed by atoms with van der Waals surface area (Å²) in [4.78, 5) is 22.9. The molecule has 4 nitrogen and oxygen atoms in total. The third-order valence-corrected chi connectivity index (χ3v) is 3.84. The highest BCUT2D eigenvalue weighted by Gasteiger charge is 2.14. The Labute approximate surface area is 128 Å². The molecule has 0 saturated heterocycles. The van der Waals surface area contributed by atoms with Crippen LogP contribution in [-0.2, 0) is 0 Å². The number of anilines is 1. The smallest absolute Gasteiger partial charge is 0.335 e. The maximum atomic E-state index is 13.8. The van der Waals surface area contributed by atoms with Gasteiger partial charge < -0.3 is 10.4 Å². The van der Waals surface area contributed by atoms with E-state index >= 15 is 0 Å². The first-order valence-electron chi connectivity index (χ1n) is 5.99. The molecular weight excluding hydrogens is 341 g/mol. The zero-order valence-electron chi connectivity index (χ0n) is 11.0. The Kier molecular flexibility index (Phi) is 4.37. The van der Waals surface area contributed by atoms with Gasteiger partial charge in [-0.3, -0.25) is 4.79 Å². The molecule has 0 fully saturated rings. The van der Waals surface area contributed by atoms with E-state index in [-0.39, 0.29) is 11.3 Å². The van der Waals surface area contributed by atoms with Crippen molar-refractivity contribution in [2.24, 2.45) is 0 Å². The molecule has 0 aromatic heterocycles. The number of amides is 1. The number of carboxylic acids is 1. The highest BCUT2D eigenvalue weighted by atomic mass is 79.9. The molecule has 0 atom stereocenters. The lowest BCUT2D eigenvalue weighted by molar-refractivity contribution is 0.0696. The van der Waals surface area contributed by atoms with Crippen LogP contribution >= 0.6 is 15.9 Å². The third kappa shape index (κ3) is 3.28. The number of halogens is 2. The Morgan fingerprint density at radius 2 is 1.95 bits per heavy atom. The minimum atomic E-state index is -1.23. The first-order valence-corrected chi connectivity index (χ1v) is 6.78. The van der Waals surface area contributed by atoms with E-state index in [9.17, 15) is 14.0 Å². The van der Waals surface area contributed by atoms with E-state index in [0.29, 0.717) is 5.56 Å². The lowest BCUT2D eigenvalue weighted by atomic mass is 10.1. The molecule has 1 amide bonds. The second-order valence-corrected chi connectivity index (χ2v) is 5.22. The van der Waals surface area contributed by atoms with E-state index in [1.165, 1.54) is 12.1 Å². The predicted molar refractivity (Wildman–Crippen MR) is 80.2 cm³/mol. The fourth-order valence-electron chi connectivity index (χ4n) is 1.79. The van der Waals surface area contributed by atoms with E-state index in [2.05, 4.69) is 21.2 Å². The summed E-state index contributed by atoms with van der Waals surface area (Å²) in [6.07, 6.45) is 0. The normalized spacial score (nSPS) is 10.2. The van der Waals surface area contributed by atoms with Gasteiger partial charge in [0.25, 0.3) is 5.91 Å². The van der Waals surface area contributed by atoms with Gasteiger partial charge in [0.2, 0.25) is 0 Å². The molecule has 0 aliphatic rings. The number of carbonyl (C=O) groups is 2. The Morgan fingerprint density at radius 3 is 2.57 bits per heavy atom. The molecule has 0 unspecified atom stereocenters. The van der Waals surface area contributed by atoms with Gasteiger partial charge >= 0.3 is 5.97 Å². The van der Waals surface area contributed by atoms with Gasteiger partial charge in [0.1, 0.15) is 5.82 Å². The van der Waals surface area contributed by atoms with Crippen molar-refractivity contribution in [1.82, 2.24) is 0 Å². The van der Waals surface area contributed by atoms with Gasteiger partial charge in [-0.1, -0.05) is 22.0 Å². The molecular formula is C15H11BrFNO3. The number of hydrogen-bond acceptors (Lipinski definition) is 2. The van der Waals surface area contributed by atoms with Gasteiger partial charge in [-0.2, -0.15) is 0 Å². The highest BCUT2D eigenvalue weighted by molar-refractivity contribution is 9.10. The molecule has 108 valence electrons. The van der Waals surface area contributed by atoms with E-state index in [1.54, 1.807) is 25.1 Å². The number of carboxylic acid groups (broad SMARTS) is 1. The zero-order valence-corrected chi connectivity index (χ0v) is 12.6. The van der Waals surface area contributed by atoms with E-state index in [1.807, 2.05) is 0 Å². The van der Waals surface area contributed by atoms with Gasteiger partial charge in [0.15, 0.2) is 0 Å². The van der Waals surface area contributed by atoms with E-state index < -0.39 is 17.7 Å². The molecule has 0 aliphatic heterocycles. The maximum absolute atomic E-state index is 13.8. The summed E-state index contributed by atoms with van der Waals surface area (Å²) in [7, 11) is 0. The summed E-state index contributed by atoms with van der Waals surface area (Å²) in [5, 5.41) is 11.2. The van der Waals surface area contributed by atoms with Crippen LogP contribution in [-0.4, -0.2) is 17.0 Å². The maximum Gasteiger partial charge on any atom is 0.335 e. The van der Waals surface area contributed by atoms with Crippen molar-refractivity contribution >= 4 is 33.5 Å². The zero-order chi connectivity index (χ0) is 15.6. The summed E-state index contributed by atoms with van der Waals surface area (Å²) in [6, 6.07) is 8.45. The highest BCUT2D eigenvalue weighted by Crippen LogP contribution is 2.22. The van der Waals surface area contributed by atoms with Crippen molar-refractivity contribution < 1.29 is 19.1 Å². The minimum absolute atomic E-state index is 0.0654. The number of benzene rings is 2. The molecule has 0 radical (unpaired) electrons. The number of hydrogen-bond donors (Lipinski definition) is 2. The minimum Gasteiger partial charge on any atom is -0.478 e. The average molecular weight is 352 g/mol. The SMILES string of the molecule is Cc1c(Br)cccc1C(=O)Nc1ccc(C(=O)O)cc1F. The van der Waals surface area contributed by atoms with Crippen LogP contribution in [0.3, 0.4) is 0 Å². The van der Waals surface area contributed by atoms with Crippen LogP contribution in [0.1, 0.15) is 26.3 Å². The van der Waals surface area contributed by atoms with Crippen LogP contribution in [0.15, 0.2) is 40.9 Å². The summed E-state index contributed by atoms with van der Waals surface area (Å²) < 4.78 is 14.6. The van der Waals surface area contributed by atoms with Crippen LogP contribution in [0.4, 0.5) is 10.1 Å². The molecule has 0 bridgehead atoms. The summed E-state index contributed by atoms with van der Waals surface area (Å²) >= 11 is 3.32. The standard InChI is InChI=1S/C15H11BrFNO3/c1-8-10(3-2-4-11(8)16)14(19)18-13-6-5-9(15(20)21)7-12(13)17/h2-7H,1H3,(H,18,19)(H,20,21). The van der Waals surface area contributed by atoms with Crippen molar-refractivity contribution in [2.75, 3.05) is 5.32 Å². The third-order valence-electron chi connectivity index (χ3n) is 2.98. The molecule has 2 aromatic carbocycles. The van der Waals surface area contributed by atoms with Crippen LogP contribution in [0.25, 0.3) is 0 Å². The van der Waals surface area contributed by atoms with Gasteiger partial charge in [-0.15, -0.1) is 0 Å². The van der Waals surface area contributed by atoms with Gasteiger partial charge in [-0.25, -0.2) is 9.18 Å². The Morgan fingerprint density at radius 1 is 1.24 bits per heavy atom. The molecule has 0 saturated carbocycles. The molecule has 0 aliphatic carbocycles. The molecule has 2 rings (SSSR count). The molecule has 21 heavy (non-hydrogen) atoms. The van der Waals surface area contributed by atoms with Crippen LogP contribution in [0.2, 0.25) is 0 Å². The summed E-state index contributed by atoms with van der Waals surface area (Å²) in [5.41, 5.74) is 0.900. The van der Waals surface area contributed by atoms with Crippen molar-refractivity contribution in [1.29, 1.82) is 0 Å². The first-order chi connectivity index (χ1) is 9.90. The van der Waals surface area contributed by atoms with E-state index in [0.717, 1.165) is 16.1 Å². The van der Waals surface area contributed by atoms with Gasteiger partial charge in [0.05, 0.1) is 11.3 Å². The molecule has 2 N–H and O–H groups in total. The quantitative estimate of drug-likeness (QED) is 0.882. The van der Waals surface area contributed by atoms with E-state index in [4.69, 9.17) is 5.11 Å². The molecule has 6 heteroatoms. The number of carbonyl (C=O) groups excluding carboxylic acids is 1. The van der Waals surface area contributed by atoms with Crippen molar-refractivity contribution in [2.45, 2.75) is 6.92 Å². The lowest BCUT2D eigenvalue weighted by Gasteiger charge is -2.10. The van der Waals surface area contributed by atoms with Crippen LogP contribution in [0.5, 0.6) is 0 Å². The van der Waals surface area contributed by atoms with Crippen molar-refractivity contribution in [3.8, 4) is 0 Å². The monoisotopic (exact) mass is 351 g/mol. The molecule has 0 heterocycles. The lowest BCUT2D eigenvalue weighted by Crippen LogP contribution is -2.15. The Hall–Kier alpha value is -2.21. The van der Waals surface area contributed by atoms with Crippen molar-refractivity contribution in [3.63, 3.8) is 0 Å². The predicted octanol–water partition coefficient (Wildman–Crippen LogP) is 3.85. The van der Waals surface area contributed by atoms with Crippen LogP contribution < -0.4 is 5.32 Å². The number of aromatic carboxylic acids is 1. The van der Waals surface area contributed by atoms with Gasteiger partial charge in [-0.05, 0) is 42.8 Å². The van der Waals surface area contributed by atoms with Crippen LogP contribution in [0, 0.1) is 12.7 Å². The number of nitrogens with one attached hydrogen (secondary N) is 1. The Balaban J connectivity index is 2.28. The average Bonchev–Trinajstić information content (AvgIpc) is 2.43. The largest absolute Gasteiger partial charge is 0.478 e. The summed E-state index contributed by atoms with van der Waals surface area (Å²) in [5.74, 6) is -2.48. The Bertz CT molecular complexity index is 731. The van der Waals surface area contributed by atoms with Crippen molar-refractivity contribution in [3.05, 3.63) is 63.4 Å².